The molecule has 0 bridgehead atoms. The van der Waals surface area contributed by atoms with E-state index in [9.17, 15) is 0 Å². The van der Waals surface area contributed by atoms with E-state index in [4.69, 9.17) is 5.26 Å². The molecule has 0 amide bonds. The van der Waals surface area contributed by atoms with Crippen LogP contribution in [-0.2, 0) is 6.42 Å². The highest BCUT2D eigenvalue weighted by atomic mass is 14.9. The molecule has 0 spiro atoms. The van der Waals surface area contributed by atoms with Crippen molar-refractivity contribution in [2.75, 3.05) is 0 Å². The average molecular weight is 186 g/mol. The third-order valence-corrected chi connectivity index (χ3v) is 2.01. The van der Waals surface area contributed by atoms with Crippen LogP contribution in [-0.4, -0.2) is 15.0 Å². The summed E-state index contributed by atoms with van der Waals surface area (Å²) in [5.41, 5.74) is 2.07. The Hall–Kier alpha value is -2.02. The Labute approximate surface area is 81.6 Å². The summed E-state index contributed by atoms with van der Waals surface area (Å²) in [6.45, 7) is 0. The minimum absolute atomic E-state index is 0.500. The molecule has 2 N–H and O–H groups in total. The molecule has 2 aromatic heterocycles. The number of imidazole rings is 1. The highest BCUT2D eigenvalue weighted by Crippen LogP contribution is 2.15. The Morgan fingerprint density at radius 2 is 2.43 bits per heavy atom. The molecule has 0 fully saturated rings. The summed E-state index contributed by atoms with van der Waals surface area (Å²) in [6, 6.07) is 4.07. The van der Waals surface area contributed by atoms with Gasteiger partial charge in [-0.15, -0.1) is 0 Å². The molecule has 0 radical (unpaired) electrons. The zero-order chi connectivity index (χ0) is 9.80. The maximum atomic E-state index is 8.42. The average Bonchev–Trinajstić information content (AvgIpc) is 2.85. The summed E-state index contributed by atoms with van der Waals surface area (Å²) in [5, 5.41) is 8.42. The SMILES string of the molecule is N#CCCc1ncc(-c2cc[nH]c2)[nH]1. The van der Waals surface area contributed by atoms with Gasteiger partial charge in [0.25, 0.3) is 0 Å². The normalized spacial score (nSPS) is 9.93. The third kappa shape index (κ3) is 1.67. The molecule has 70 valence electrons. The molecule has 4 nitrogen and oxygen atoms in total. The first-order valence-corrected chi connectivity index (χ1v) is 4.44. The summed E-state index contributed by atoms with van der Waals surface area (Å²) in [6.07, 6.45) is 6.74. The van der Waals surface area contributed by atoms with Gasteiger partial charge >= 0.3 is 0 Å². The van der Waals surface area contributed by atoms with E-state index < -0.39 is 0 Å². The van der Waals surface area contributed by atoms with E-state index in [1.807, 2.05) is 18.5 Å². The van der Waals surface area contributed by atoms with Crippen LogP contribution in [0.4, 0.5) is 0 Å². The lowest BCUT2D eigenvalue weighted by atomic mass is 10.3. The molecule has 4 heteroatoms. The number of rotatable bonds is 3. The second-order valence-electron chi connectivity index (χ2n) is 3.00. The van der Waals surface area contributed by atoms with Crippen LogP contribution in [0, 0.1) is 11.3 Å². The molecule has 0 aromatic carbocycles. The van der Waals surface area contributed by atoms with Gasteiger partial charge in [0.1, 0.15) is 5.82 Å². The van der Waals surface area contributed by atoms with Crippen LogP contribution in [0.5, 0.6) is 0 Å². The van der Waals surface area contributed by atoms with Crippen molar-refractivity contribution in [3.8, 4) is 17.3 Å². The van der Waals surface area contributed by atoms with Crippen LogP contribution in [0.1, 0.15) is 12.2 Å². The van der Waals surface area contributed by atoms with Crippen LogP contribution in [0.25, 0.3) is 11.3 Å². The third-order valence-electron chi connectivity index (χ3n) is 2.01. The van der Waals surface area contributed by atoms with Gasteiger partial charge in [-0.05, 0) is 6.07 Å². The fraction of sp³-hybridized carbons (Fsp3) is 0.200. The number of nitrogens with one attached hydrogen (secondary N) is 2. The molecule has 0 aliphatic heterocycles. The van der Waals surface area contributed by atoms with Crippen molar-refractivity contribution in [1.82, 2.24) is 15.0 Å². The molecule has 0 aliphatic rings. The van der Waals surface area contributed by atoms with Gasteiger partial charge in [-0.1, -0.05) is 0 Å². The van der Waals surface area contributed by atoms with E-state index in [0.29, 0.717) is 12.8 Å². The van der Waals surface area contributed by atoms with Gasteiger partial charge in [-0.3, -0.25) is 0 Å². The van der Waals surface area contributed by atoms with Crippen LogP contribution in [0.2, 0.25) is 0 Å². The highest BCUT2D eigenvalue weighted by Gasteiger charge is 2.02. The summed E-state index contributed by atoms with van der Waals surface area (Å²) < 4.78 is 0. The molecule has 0 aliphatic carbocycles. The van der Waals surface area contributed by atoms with Crippen LogP contribution in [0.15, 0.2) is 24.7 Å². The van der Waals surface area contributed by atoms with Gasteiger partial charge in [0.05, 0.1) is 18.0 Å². The topological polar surface area (TPSA) is 68.3 Å². The molecule has 2 aromatic rings. The Kier molecular flexibility index (Phi) is 2.32. The minimum Gasteiger partial charge on any atom is -0.367 e. The molecule has 0 saturated heterocycles. The number of aromatic nitrogens is 3. The fourth-order valence-corrected chi connectivity index (χ4v) is 1.30. The van der Waals surface area contributed by atoms with Gasteiger partial charge in [0.2, 0.25) is 0 Å². The summed E-state index contributed by atoms with van der Waals surface area (Å²) in [5.74, 6) is 0.864. The number of H-pyrrole nitrogens is 2. The van der Waals surface area contributed by atoms with Gasteiger partial charge in [-0.2, -0.15) is 5.26 Å². The van der Waals surface area contributed by atoms with Crippen LogP contribution >= 0.6 is 0 Å². The molecule has 0 atom stereocenters. The van der Waals surface area contributed by atoms with E-state index in [2.05, 4.69) is 21.0 Å². The van der Waals surface area contributed by atoms with Crippen molar-refractivity contribution in [3.05, 3.63) is 30.5 Å². The van der Waals surface area contributed by atoms with Crippen molar-refractivity contribution in [2.45, 2.75) is 12.8 Å². The first kappa shape index (κ1) is 8.57. The number of aryl methyl sites for hydroxylation is 1. The smallest absolute Gasteiger partial charge is 0.107 e. The lowest BCUT2D eigenvalue weighted by Gasteiger charge is -1.90. The molecule has 2 rings (SSSR count). The predicted octanol–water partition coefficient (Wildman–Crippen LogP) is 1.86. The Bertz CT molecular complexity index is 433. The standard InChI is InChI=1S/C10H10N4/c11-4-1-2-10-13-7-9(14-10)8-3-5-12-6-8/h3,5-7,12H,1-2H2,(H,13,14). The maximum Gasteiger partial charge on any atom is 0.107 e. The van der Waals surface area contributed by atoms with E-state index in [0.717, 1.165) is 17.1 Å². The zero-order valence-electron chi connectivity index (χ0n) is 7.62. The highest BCUT2D eigenvalue weighted by molar-refractivity contribution is 5.57. The Morgan fingerprint density at radius 3 is 3.14 bits per heavy atom. The molecule has 0 saturated carbocycles. The number of nitriles is 1. The van der Waals surface area contributed by atoms with Gasteiger partial charge in [0.15, 0.2) is 0 Å². The van der Waals surface area contributed by atoms with Gasteiger partial charge < -0.3 is 9.97 Å². The number of nitrogens with zero attached hydrogens (tertiary/aromatic N) is 2. The molecule has 2 heterocycles. The zero-order valence-corrected chi connectivity index (χ0v) is 7.62. The fourth-order valence-electron chi connectivity index (χ4n) is 1.30. The van der Waals surface area contributed by atoms with Crippen LogP contribution in [0.3, 0.4) is 0 Å². The second kappa shape index (κ2) is 3.79. The molecule has 14 heavy (non-hydrogen) atoms. The van der Waals surface area contributed by atoms with Crippen molar-refractivity contribution < 1.29 is 0 Å². The number of hydrogen-bond acceptors (Lipinski definition) is 2. The van der Waals surface area contributed by atoms with E-state index in [-0.39, 0.29) is 0 Å². The van der Waals surface area contributed by atoms with Crippen LogP contribution < -0.4 is 0 Å². The first-order chi connectivity index (χ1) is 6.90. The summed E-state index contributed by atoms with van der Waals surface area (Å²) in [7, 11) is 0. The monoisotopic (exact) mass is 186 g/mol. The molecular formula is C10H10N4. The Balaban J connectivity index is 2.15. The van der Waals surface area contributed by atoms with Gasteiger partial charge in [-0.25, -0.2) is 4.98 Å². The largest absolute Gasteiger partial charge is 0.367 e. The lowest BCUT2D eigenvalue weighted by molar-refractivity contribution is 0.918. The number of aromatic amines is 2. The van der Waals surface area contributed by atoms with Crippen molar-refractivity contribution in [2.24, 2.45) is 0 Å². The van der Waals surface area contributed by atoms with E-state index >= 15 is 0 Å². The molecule has 0 unspecified atom stereocenters. The van der Waals surface area contributed by atoms with Crippen molar-refractivity contribution in [3.63, 3.8) is 0 Å². The summed E-state index contributed by atoms with van der Waals surface area (Å²) in [4.78, 5) is 10.3. The second-order valence-corrected chi connectivity index (χ2v) is 3.00. The van der Waals surface area contributed by atoms with E-state index in [1.165, 1.54) is 0 Å². The van der Waals surface area contributed by atoms with Gasteiger partial charge in [0, 0.05) is 30.8 Å². The summed E-state index contributed by atoms with van der Waals surface area (Å²) >= 11 is 0. The van der Waals surface area contributed by atoms with Crippen molar-refractivity contribution in [1.29, 1.82) is 5.26 Å². The number of hydrogen-bond donors (Lipinski definition) is 2. The minimum atomic E-state index is 0.500. The van der Waals surface area contributed by atoms with Crippen molar-refractivity contribution >= 4 is 0 Å². The predicted molar refractivity (Wildman–Crippen MR) is 52.3 cm³/mol. The quantitative estimate of drug-likeness (QED) is 0.768. The molecular weight excluding hydrogens is 176 g/mol. The Morgan fingerprint density at radius 1 is 1.50 bits per heavy atom. The maximum absolute atomic E-state index is 8.42. The first-order valence-electron chi connectivity index (χ1n) is 4.44. The van der Waals surface area contributed by atoms with E-state index in [1.54, 1.807) is 6.20 Å². The lowest BCUT2D eigenvalue weighted by Crippen LogP contribution is -1.85.